The number of fused-ring (bicyclic) bond motifs is 3. The zero-order valence-electron chi connectivity index (χ0n) is 20.5. The Morgan fingerprint density at radius 3 is 2.64 bits per heavy atom. The van der Waals surface area contributed by atoms with E-state index in [0.717, 1.165) is 41.8 Å². The molecule has 2 aliphatic rings. The number of aromatic amines is 1. The summed E-state index contributed by atoms with van der Waals surface area (Å²) in [6.45, 7) is 2.13. The second-order valence-electron chi connectivity index (χ2n) is 10.4. The van der Waals surface area contributed by atoms with E-state index in [0.29, 0.717) is 36.3 Å². The average molecular weight is 504 g/mol. The highest BCUT2D eigenvalue weighted by atomic mass is 19.3. The van der Waals surface area contributed by atoms with Gasteiger partial charge >= 0.3 is 0 Å². The number of rotatable bonds is 9. The van der Waals surface area contributed by atoms with Gasteiger partial charge in [0.2, 0.25) is 0 Å². The summed E-state index contributed by atoms with van der Waals surface area (Å²) in [5, 5.41) is 10.3. The molecule has 0 amide bonds. The van der Waals surface area contributed by atoms with E-state index in [1.54, 1.807) is 11.0 Å². The average Bonchev–Trinajstić information content (AvgIpc) is 3.19. The Kier molecular flexibility index (Phi) is 7.12. The van der Waals surface area contributed by atoms with E-state index in [4.69, 9.17) is 0 Å². The summed E-state index contributed by atoms with van der Waals surface area (Å²) < 4.78 is 56.6. The number of hydrogen-bond acceptors (Lipinski definition) is 3. The van der Waals surface area contributed by atoms with Crippen molar-refractivity contribution in [1.29, 1.82) is 0 Å². The van der Waals surface area contributed by atoms with Gasteiger partial charge in [-0.2, -0.15) is 0 Å². The summed E-state index contributed by atoms with van der Waals surface area (Å²) in [5.74, 6) is -3.27. The Hall–Kier alpha value is -2.42. The van der Waals surface area contributed by atoms with Crippen LogP contribution in [0.2, 0.25) is 0 Å². The van der Waals surface area contributed by atoms with Crippen molar-refractivity contribution in [3.8, 4) is 0 Å². The number of para-hydroxylation sites is 1. The third-order valence-electron chi connectivity index (χ3n) is 7.70. The minimum atomic E-state index is -3.27. The van der Waals surface area contributed by atoms with Crippen molar-refractivity contribution < 1.29 is 22.7 Å². The number of nitrogens with zero attached hydrogens (tertiary/aromatic N) is 2. The largest absolute Gasteiger partial charge is 0.390 e. The Labute approximate surface area is 208 Å². The number of alkyl halides is 3. The SMILES string of the molecule is CC1Cc2c([nH]c3ccccc23)[C@@H](c2ccc(CC3CN(CCCF)C3)c(F)c2)N1CC(F)(F)CO. The topological polar surface area (TPSA) is 42.5 Å². The van der Waals surface area contributed by atoms with Crippen LogP contribution in [0.5, 0.6) is 0 Å². The van der Waals surface area contributed by atoms with Crippen LogP contribution in [0.25, 0.3) is 10.9 Å². The quantitative estimate of drug-likeness (QED) is 0.399. The molecule has 1 fully saturated rings. The molecule has 0 radical (unpaired) electrons. The fourth-order valence-corrected chi connectivity index (χ4v) is 5.91. The fraction of sp³-hybridized carbons (Fsp3) is 0.500. The van der Waals surface area contributed by atoms with Crippen LogP contribution >= 0.6 is 0 Å². The van der Waals surface area contributed by atoms with E-state index >= 15 is 4.39 Å². The summed E-state index contributed by atoms with van der Waals surface area (Å²) in [4.78, 5) is 7.28. The summed E-state index contributed by atoms with van der Waals surface area (Å²) >= 11 is 0. The van der Waals surface area contributed by atoms with Gasteiger partial charge in [0.1, 0.15) is 12.4 Å². The van der Waals surface area contributed by atoms with Crippen molar-refractivity contribution in [3.05, 3.63) is 70.7 Å². The van der Waals surface area contributed by atoms with E-state index in [9.17, 15) is 18.3 Å². The zero-order valence-corrected chi connectivity index (χ0v) is 20.5. The summed E-state index contributed by atoms with van der Waals surface area (Å²) in [6, 6.07) is 12.1. The molecule has 194 valence electrons. The maximum absolute atomic E-state index is 15.4. The van der Waals surface area contributed by atoms with Crippen molar-refractivity contribution in [1.82, 2.24) is 14.8 Å². The molecule has 36 heavy (non-hydrogen) atoms. The summed E-state index contributed by atoms with van der Waals surface area (Å²) in [5.41, 5.74) is 4.02. The second kappa shape index (κ2) is 10.1. The van der Waals surface area contributed by atoms with Crippen LogP contribution in [0, 0.1) is 11.7 Å². The standard InChI is InChI=1S/C28H33F4N3O/c1-18-11-23-22-5-2-3-6-25(22)33-26(23)27(35(18)16-28(31,32)17-36)21-8-7-20(24(30)13-21)12-19-14-34(15-19)10-4-9-29/h2-3,5-8,13,18-19,27,33,36H,4,9-12,14-17H2,1H3/t18?,27-/m1/s1. The van der Waals surface area contributed by atoms with Crippen LogP contribution in [0.1, 0.15) is 41.8 Å². The Morgan fingerprint density at radius 1 is 1.14 bits per heavy atom. The number of hydrogen-bond donors (Lipinski definition) is 2. The molecule has 2 aromatic carbocycles. The number of H-pyrrole nitrogens is 1. The van der Waals surface area contributed by atoms with E-state index in [1.807, 2.05) is 37.3 Å². The first-order chi connectivity index (χ1) is 17.3. The molecular weight excluding hydrogens is 470 g/mol. The number of aliphatic hydroxyl groups is 1. The summed E-state index contributed by atoms with van der Waals surface area (Å²) in [7, 11) is 0. The fourth-order valence-electron chi connectivity index (χ4n) is 5.91. The molecule has 2 aliphatic heterocycles. The van der Waals surface area contributed by atoms with Gasteiger partial charge < -0.3 is 15.0 Å². The highest BCUT2D eigenvalue weighted by molar-refractivity contribution is 5.85. The molecule has 3 heterocycles. The third kappa shape index (κ3) is 4.91. The molecule has 2 N–H and O–H groups in total. The Morgan fingerprint density at radius 2 is 1.92 bits per heavy atom. The first-order valence-corrected chi connectivity index (χ1v) is 12.7. The molecule has 0 spiro atoms. The van der Waals surface area contributed by atoms with E-state index < -0.39 is 25.1 Å². The van der Waals surface area contributed by atoms with Crippen molar-refractivity contribution in [2.75, 3.05) is 39.5 Å². The number of benzene rings is 2. The zero-order chi connectivity index (χ0) is 25.4. The summed E-state index contributed by atoms with van der Waals surface area (Å²) in [6.07, 6.45) is 1.71. The van der Waals surface area contributed by atoms with Crippen LogP contribution in [0.15, 0.2) is 42.5 Å². The highest BCUT2D eigenvalue weighted by Crippen LogP contribution is 2.42. The molecule has 1 unspecified atom stereocenters. The maximum atomic E-state index is 15.4. The molecule has 0 bridgehead atoms. The van der Waals surface area contributed by atoms with Crippen LogP contribution in [0.3, 0.4) is 0 Å². The predicted octanol–water partition coefficient (Wildman–Crippen LogP) is 5.10. The lowest BCUT2D eigenvalue weighted by atomic mass is 9.86. The lowest BCUT2D eigenvalue weighted by molar-refractivity contribution is -0.0864. The van der Waals surface area contributed by atoms with Gasteiger partial charge in [-0.15, -0.1) is 0 Å². The molecule has 1 aromatic heterocycles. The number of aliphatic hydroxyl groups excluding tert-OH is 1. The van der Waals surface area contributed by atoms with Gasteiger partial charge in [0, 0.05) is 42.3 Å². The van der Waals surface area contributed by atoms with Gasteiger partial charge in [0.05, 0.1) is 19.3 Å². The third-order valence-corrected chi connectivity index (χ3v) is 7.70. The lowest BCUT2D eigenvalue weighted by Crippen LogP contribution is -2.49. The molecule has 1 saturated heterocycles. The number of likely N-dealkylation sites (tertiary alicyclic amines) is 1. The molecule has 2 atom stereocenters. The minimum absolute atomic E-state index is 0.229. The van der Waals surface area contributed by atoms with Crippen molar-refractivity contribution >= 4 is 10.9 Å². The van der Waals surface area contributed by atoms with Crippen LogP contribution in [0.4, 0.5) is 17.6 Å². The molecule has 3 aromatic rings. The minimum Gasteiger partial charge on any atom is -0.390 e. The number of nitrogens with one attached hydrogen (secondary N) is 1. The highest BCUT2D eigenvalue weighted by Gasteiger charge is 2.41. The molecule has 0 saturated carbocycles. The van der Waals surface area contributed by atoms with Crippen molar-refractivity contribution in [3.63, 3.8) is 0 Å². The van der Waals surface area contributed by atoms with Gasteiger partial charge in [-0.25, -0.2) is 13.2 Å². The Balaban J connectivity index is 1.45. The smallest absolute Gasteiger partial charge is 0.283 e. The van der Waals surface area contributed by atoms with Gasteiger partial charge in [-0.1, -0.05) is 30.3 Å². The van der Waals surface area contributed by atoms with Crippen LogP contribution < -0.4 is 0 Å². The molecule has 4 nitrogen and oxygen atoms in total. The normalized spacial score (nSPS) is 21.6. The first kappa shape index (κ1) is 25.2. The van der Waals surface area contributed by atoms with E-state index in [2.05, 4.69) is 9.88 Å². The lowest BCUT2D eigenvalue weighted by Gasteiger charge is -2.42. The van der Waals surface area contributed by atoms with Crippen molar-refractivity contribution in [2.45, 2.75) is 44.2 Å². The number of aromatic nitrogens is 1. The van der Waals surface area contributed by atoms with Crippen LogP contribution in [-0.2, 0) is 12.8 Å². The van der Waals surface area contributed by atoms with Gasteiger partial charge in [-0.3, -0.25) is 9.29 Å². The maximum Gasteiger partial charge on any atom is 0.283 e. The molecular formula is C28H33F4N3O. The predicted molar refractivity (Wildman–Crippen MR) is 133 cm³/mol. The number of halogens is 4. The monoisotopic (exact) mass is 503 g/mol. The first-order valence-electron chi connectivity index (χ1n) is 12.7. The molecule has 8 heteroatoms. The molecule has 5 rings (SSSR count). The van der Waals surface area contributed by atoms with E-state index in [1.165, 1.54) is 6.07 Å². The molecule has 0 aliphatic carbocycles. The Bertz CT molecular complexity index is 1210. The van der Waals surface area contributed by atoms with Gasteiger partial charge in [-0.05, 0) is 60.9 Å². The van der Waals surface area contributed by atoms with Gasteiger partial charge in [0.15, 0.2) is 0 Å². The van der Waals surface area contributed by atoms with Crippen LogP contribution in [-0.4, -0.2) is 71.3 Å². The van der Waals surface area contributed by atoms with Crippen molar-refractivity contribution in [2.24, 2.45) is 5.92 Å². The van der Waals surface area contributed by atoms with Gasteiger partial charge in [0.25, 0.3) is 5.92 Å². The second-order valence-corrected chi connectivity index (χ2v) is 10.4. The van der Waals surface area contributed by atoms with E-state index in [-0.39, 0.29) is 18.5 Å².